The van der Waals surface area contributed by atoms with E-state index in [1.165, 1.54) is 14.2 Å². The maximum atomic E-state index is 11.3. The van der Waals surface area contributed by atoms with Crippen molar-refractivity contribution in [1.29, 1.82) is 0 Å². The molecule has 4 heterocycles. The van der Waals surface area contributed by atoms with Gasteiger partial charge in [0.25, 0.3) is 0 Å². The number of nitrogens with two attached hydrogens (primary N) is 1. The van der Waals surface area contributed by atoms with Crippen molar-refractivity contribution in [2.24, 2.45) is 10.7 Å². The Morgan fingerprint density at radius 2 is 1.05 bits per heavy atom. The van der Waals surface area contributed by atoms with Gasteiger partial charge in [-0.05, 0) is 36.5 Å². The van der Waals surface area contributed by atoms with Gasteiger partial charge in [-0.3, -0.25) is 4.99 Å². The standard InChI is InChI=1S/C39H72N2O21S3/c1-4-10-63-11-5-8-55-35-31(50)27(46)22(61-38(35)57-16-21-25(44)28(47)32(51)36(54-3)59-21)17-58-37-34(30(49)26(45)20(60-37)15-53-2)56-9-6-12-64-13-7-41-23(40)18-65-39-33(52)29(48)24(43)19(14-42)62-39/h19-22,24-39,42-52H,4-18H2,1-3H3,(H2,40,41)/t19?,20?,21?,22?,24-,25-,26-,27-,28+,29?,30+,31+,32?,33-,34?,35?,36+,37+,38+,39-/m1/s1. The molecule has 0 bridgehead atoms. The van der Waals surface area contributed by atoms with E-state index in [-0.39, 0.29) is 31.4 Å². The average Bonchev–Trinajstić information content (AvgIpc) is 3.30. The quantitative estimate of drug-likeness (QED) is 0.0199. The third-order valence-corrected chi connectivity index (χ3v) is 14.5. The van der Waals surface area contributed by atoms with Crippen LogP contribution in [0.4, 0.5) is 0 Å². The Morgan fingerprint density at radius 3 is 1.57 bits per heavy atom. The monoisotopic (exact) mass is 1000 g/mol. The number of nitrogens with zero attached hydrogens (tertiary/aromatic N) is 1. The second kappa shape index (κ2) is 29.8. The molecule has 4 saturated heterocycles. The molecule has 0 aromatic carbocycles. The number of ether oxygens (including phenoxy) is 10. The van der Waals surface area contributed by atoms with Crippen LogP contribution in [0.25, 0.3) is 0 Å². The topological polar surface area (TPSA) is 353 Å². The fourth-order valence-corrected chi connectivity index (χ4v) is 9.85. The van der Waals surface area contributed by atoms with E-state index in [1.54, 1.807) is 23.5 Å². The minimum absolute atomic E-state index is 0.0984. The van der Waals surface area contributed by atoms with E-state index in [1.807, 2.05) is 0 Å². The molecule has 23 nitrogen and oxygen atoms in total. The normalized spacial score (nSPS) is 40.6. The lowest BCUT2D eigenvalue weighted by atomic mass is 9.97. The molecule has 382 valence electrons. The third kappa shape index (κ3) is 16.6. The molecule has 8 unspecified atom stereocenters. The van der Waals surface area contributed by atoms with Crippen molar-refractivity contribution in [3.05, 3.63) is 0 Å². The highest BCUT2D eigenvalue weighted by atomic mass is 32.2. The van der Waals surface area contributed by atoms with Crippen molar-refractivity contribution in [2.75, 3.05) is 89.2 Å². The summed E-state index contributed by atoms with van der Waals surface area (Å²) in [7, 11) is 2.66. The van der Waals surface area contributed by atoms with Crippen LogP contribution in [0.1, 0.15) is 26.2 Å². The molecule has 0 radical (unpaired) electrons. The summed E-state index contributed by atoms with van der Waals surface area (Å²) in [5, 5.41) is 115. The molecule has 4 aliphatic rings. The number of aliphatic imine (C=N–C) groups is 1. The maximum absolute atomic E-state index is 11.3. The van der Waals surface area contributed by atoms with Crippen molar-refractivity contribution in [2.45, 2.75) is 148 Å². The van der Waals surface area contributed by atoms with Crippen LogP contribution in [-0.4, -0.2) is 273 Å². The molecule has 4 aliphatic heterocycles. The first-order valence-electron chi connectivity index (χ1n) is 21.8. The molecule has 0 aromatic rings. The van der Waals surface area contributed by atoms with Gasteiger partial charge in [0.1, 0.15) is 109 Å². The molecule has 4 fully saturated rings. The van der Waals surface area contributed by atoms with Crippen LogP contribution in [0.5, 0.6) is 0 Å². The van der Waals surface area contributed by atoms with E-state index in [2.05, 4.69) is 11.9 Å². The Balaban J connectivity index is 1.30. The van der Waals surface area contributed by atoms with Gasteiger partial charge in [-0.15, -0.1) is 11.8 Å². The molecule has 0 aromatic heterocycles. The van der Waals surface area contributed by atoms with Crippen LogP contribution in [0.2, 0.25) is 0 Å². The van der Waals surface area contributed by atoms with Crippen LogP contribution >= 0.6 is 35.3 Å². The lowest BCUT2D eigenvalue weighted by Gasteiger charge is -2.45. The number of hydrogen-bond acceptors (Lipinski definition) is 25. The second-order valence-electron chi connectivity index (χ2n) is 15.9. The first-order chi connectivity index (χ1) is 31.2. The van der Waals surface area contributed by atoms with Crippen molar-refractivity contribution in [1.82, 2.24) is 0 Å². The largest absolute Gasteiger partial charge is 0.394 e. The van der Waals surface area contributed by atoms with Crippen LogP contribution < -0.4 is 5.73 Å². The molecule has 26 heteroatoms. The molecule has 20 atom stereocenters. The number of aliphatic hydroxyl groups is 11. The van der Waals surface area contributed by atoms with Gasteiger partial charge in [-0.1, -0.05) is 6.92 Å². The highest BCUT2D eigenvalue weighted by molar-refractivity contribution is 8.00. The zero-order valence-corrected chi connectivity index (χ0v) is 39.4. The molecule has 0 amide bonds. The van der Waals surface area contributed by atoms with E-state index in [4.69, 9.17) is 53.1 Å². The van der Waals surface area contributed by atoms with Crippen molar-refractivity contribution >= 4 is 41.1 Å². The number of thioether (sulfide) groups is 3. The molecule has 0 saturated carbocycles. The summed E-state index contributed by atoms with van der Waals surface area (Å²) in [6, 6.07) is 0. The molecular weight excluding hydrogens is 929 g/mol. The van der Waals surface area contributed by atoms with Gasteiger partial charge in [0.2, 0.25) is 0 Å². The van der Waals surface area contributed by atoms with Gasteiger partial charge in [0.05, 0.1) is 32.2 Å². The molecular formula is C39H72N2O21S3. The summed E-state index contributed by atoms with van der Waals surface area (Å²) < 4.78 is 57.4. The first kappa shape index (κ1) is 57.3. The number of hydrogen-bond donors (Lipinski definition) is 12. The zero-order valence-electron chi connectivity index (χ0n) is 36.9. The van der Waals surface area contributed by atoms with Crippen LogP contribution in [0.3, 0.4) is 0 Å². The van der Waals surface area contributed by atoms with Crippen molar-refractivity contribution in [3.8, 4) is 0 Å². The fourth-order valence-electron chi connectivity index (χ4n) is 7.28. The van der Waals surface area contributed by atoms with Gasteiger partial charge in [-0.2, -0.15) is 23.5 Å². The summed E-state index contributed by atoms with van der Waals surface area (Å²) in [6.07, 6.45) is -23.7. The predicted molar refractivity (Wildman–Crippen MR) is 235 cm³/mol. The highest BCUT2D eigenvalue weighted by Crippen LogP contribution is 2.31. The maximum Gasteiger partial charge on any atom is 0.187 e. The lowest BCUT2D eigenvalue weighted by Crippen LogP contribution is -2.63. The number of aliphatic hydroxyl groups excluding tert-OH is 11. The summed E-state index contributed by atoms with van der Waals surface area (Å²) in [6.45, 7) is 1.32. The Hall–Kier alpha value is -0.320. The van der Waals surface area contributed by atoms with E-state index in [9.17, 15) is 56.2 Å². The second-order valence-corrected chi connectivity index (χ2v) is 19.4. The van der Waals surface area contributed by atoms with Crippen LogP contribution in [0, 0.1) is 0 Å². The third-order valence-electron chi connectivity index (χ3n) is 11.0. The average molecular weight is 1000 g/mol. The Labute approximate surface area is 391 Å². The van der Waals surface area contributed by atoms with Gasteiger partial charge in [0, 0.05) is 39.7 Å². The van der Waals surface area contributed by atoms with E-state index >= 15 is 0 Å². The molecule has 13 N–H and O–H groups in total. The molecule has 0 spiro atoms. The van der Waals surface area contributed by atoms with E-state index in [0.717, 1.165) is 29.7 Å². The van der Waals surface area contributed by atoms with Crippen molar-refractivity contribution in [3.63, 3.8) is 0 Å². The number of amidine groups is 1. The minimum atomic E-state index is -1.62. The summed E-state index contributed by atoms with van der Waals surface area (Å²) in [4.78, 5) is 4.32. The first-order valence-corrected chi connectivity index (χ1v) is 25.1. The summed E-state index contributed by atoms with van der Waals surface area (Å²) in [5.41, 5.74) is 5.10. The molecule has 4 rings (SSSR count). The number of rotatable bonds is 28. The minimum Gasteiger partial charge on any atom is -0.394 e. The van der Waals surface area contributed by atoms with Gasteiger partial charge < -0.3 is 109 Å². The smallest absolute Gasteiger partial charge is 0.187 e. The van der Waals surface area contributed by atoms with E-state index < -0.39 is 142 Å². The fraction of sp³-hybridized carbons (Fsp3) is 0.974. The zero-order chi connectivity index (χ0) is 47.6. The lowest BCUT2D eigenvalue weighted by molar-refractivity contribution is -0.347. The molecule has 0 aliphatic carbocycles. The predicted octanol–water partition coefficient (Wildman–Crippen LogP) is -4.67. The highest BCUT2D eigenvalue weighted by Gasteiger charge is 2.51. The molecule has 65 heavy (non-hydrogen) atoms. The number of methoxy groups -OCH3 is 2. The Kier molecular flexibility index (Phi) is 26.2. The summed E-state index contributed by atoms with van der Waals surface area (Å²) in [5.74, 6) is 3.44. The van der Waals surface area contributed by atoms with Crippen LogP contribution in [-0.2, 0) is 47.4 Å². The van der Waals surface area contributed by atoms with Gasteiger partial charge >= 0.3 is 0 Å². The van der Waals surface area contributed by atoms with Crippen molar-refractivity contribution < 1.29 is 104 Å². The van der Waals surface area contributed by atoms with Gasteiger partial charge in [0.15, 0.2) is 18.9 Å². The van der Waals surface area contributed by atoms with Gasteiger partial charge in [-0.25, -0.2) is 0 Å². The Morgan fingerprint density at radius 1 is 0.554 bits per heavy atom. The van der Waals surface area contributed by atoms with Crippen LogP contribution in [0.15, 0.2) is 4.99 Å². The SMILES string of the molecule is CCCSCCCOC1[C@@H](OCC2O[C@H](OC)C(O)[C@@H](O)[C@@H]2O)OC(CO[C@H]2OC(COC)[C@@H](O)[C@H](O)C2OCCCSCCN=C(N)CS[C@H]2OC(CO)[C@@H](O)C(O)[C@H]2O)[C@@H](O)[C@@H]1O. The summed E-state index contributed by atoms with van der Waals surface area (Å²) >= 11 is 4.39. The van der Waals surface area contributed by atoms with E-state index in [0.29, 0.717) is 30.9 Å². The Bertz CT molecular complexity index is 1340.